The Balaban J connectivity index is 1.40. The van der Waals surface area contributed by atoms with Crippen LogP contribution in [0.5, 0.6) is 0 Å². The standard InChI is InChI=1S/C28H40Cl2N4O5/c1-18-24(36)34(14-13-33(18)26(38)31-19-5-6-21(29)22(30)15-19)20(17-39-25(37)27(2,3)4)7-11-32-12-10-28(8-9-28)23(35)16-32/h5-6,15,18,20,23,35H,7-14,16-17H2,1-4H3,(H,31,38). The highest BCUT2D eigenvalue weighted by Crippen LogP contribution is 2.53. The molecular weight excluding hydrogens is 543 g/mol. The second kappa shape index (κ2) is 11.8. The molecule has 1 saturated carbocycles. The minimum atomic E-state index is -0.700. The van der Waals surface area contributed by atoms with Crippen LogP contribution < -0.4 is 5.32 Å². The number of nitrogens with one attached hydrogen (secondary N) is 1. The molecule has 2 heterocycles. The maximum absolute atomic E-state index is 13.5. The molecule has 2 N–H and O–H groups in total. The van der Waals surface area contributed by atoms with Crippen molar-refractivity contribution in [2.24, 2.45) is 10.8 Å². The van der Waals surface area contributed by atoms with Crippen molar-refractivity contribution in [2.75, 3.05) is 44.6 Å². The average molecular weight is 584 g/mol. The molecule has 0 aromatic heterocycles. The first-order valence-corrected chi connectivity index (χ1v) is 14.5. The summed E-state index contributed by atoms with van der Waals surface area (Å²) in [6, 6.07) is 3.38. The molecule has 3 amide bonds. The molecule has 11 heteroatoms. The van der Waals surface area contributed by atoms with Crippen LogP contribution >= 0.6 is 23.2 Å². The number of aliphatic hydroxyl groups is 1. The summed E-state index contributed by atoms with van der Waals surface area (Å²) in [5.41, 5.74) is -0.0450. The number of hydrogen-bond acceptors (Lipinski definition) is 6. The van der Waals surface area contributed by atoms with Crippen molar-refractivity contribution in [2.45, 2.75) is 71.6 Å². The third-order valence-electron chi connectivity index (χ3n) is 8.32. The van der Waals surface area contributed by atoms with Crippen LogP contribution in [-0.2, 0) is 14.3 Å². The zero-order chi connectivity index (χ0) is 28.5. The zero-order valence-corrected chi connectivity index (χ0v) is 24.7. The highest BCUT2D eigenvalue weighted by Gasteiger charge is 2.51. The average Bonchev–Trinajstić information content (AvgIpc) is 3.65. The largest absolute Gasteiger partial charge is 0.463 e. The number of anilines is 1. The van der Waals surface area contributed by atoms with Gasteiger partial charge in [-0.2, -0.15) is 0 Å². The van der Waals surface area contributed by atoms with Gasteiger partial charge in [0, 0.05) is 31.9 Å². The molecule has 1 aliphatic carbocycles. The van der Waals surface area contributed by atoms with Crippen molar-refractivity contribution in [3.63, 3.8) is 0 Å². The van der Waals surface area contributed by atoms with Crippen LogP contribution in [0, 0.1) is 10.8 Å². The minimum Gasteiger partial charge on any atom is -0.463 e. The highest BCUT2D eigenvalue weighted by molar-refractivity contribution is 6.42. The SMILES string of the molecule is CC1C(=O)N(C(CCN2CCC3(CC3)C(O)C2)COC(=O)C(C)(C)C)CCN1C(=O)Nc1ccc(Cl)c(Cl)c1. The van der Waals surface area contributed by atoms with Crippen LogP contribution in [0.1, 0.15) is 53.4 Å². The van der Waals surface area contributed by atoms with Crippen molar-refractivity contribution in [1.82, 2.24) is 14.7 Å². The van der Waals surface area contributed by atoms with Crippen LogP contribution in [0.3, 0.4) is 0 Å². The second-order valence-electron chi connectivity index (χ2n) is 12.2. The van der Waals surface area contributed by atoms with E-state index < -0.39 is 17.5 Å². The number of β-amino-alcohol motifs (C(OH)–C–C–N with tert-alkyl or cyclic N) is 1. The van der Waals surface area contributed by atoms with Gasteiger partial charge in [0.2, 0.25) is 5.91 Å². The van der Waals surface area contributed by atoms with Gasteiger partial charge < -0.3 is 29.9 Å². The molecule has 0 radical (unpaired) electrons. The van der Waals surface area contributed by atoms with E-state index >= 15 is 0 Å². The smallest absolute Gasteiger partial charge is 0.322 e. The summed E-state index contributed by atoms with van der Waals surface area (Å²) < 4.78 is 5.67. The topological polar surface area (TPSA) is 102 Å². The van der Waals surface area contributed by atoms with Gasteiger partial charge in [0.15, 0.2) is 0 Å². The summed E-state index contributed by atoms with van der Waals surface area (Å²) in [4.78, 5) is 44.6. The van der Waals surface area contributed by atoms with Gasteiger partial charge in [-0.25, -0.2) is 4.79 Å². The third-order valence-corrected chi connectivity index (χ3v) is 9.06. The van der Waals surface area contributed by atoms with Gasteiger partial charge in [0.1, 0.15) is 12.6 Å². The van der Waals surface area contributed by atoms with E-state index in [-0.39, 0.29) is 36.0 Å². The highest BCUT2D eigenvalue weighted by atomic mass is 35.5. The maximum Gasteiger partial charge on any atom is 0.322 e. The fourth-order valence-electron chi connectivity index (χ4n) is 5.37. The van der Waals surface area contributed by atoms with Crippen LogP contribution in [0.25, 0.3) is 0 Å². The lowest BCUT2D eigenvalue weighted by molar-refractivity contribution is -0.158. The van der Waals surface area contributed by atoms with E-state index in [2.05, 4.69) is 10.2 Å². The normalized spacial score (nSPS) is 24.0. The summed E-state index contributed by atoms with van der Waals surface area (Å²) in [5.74, 6) is -0.519. The predicted molar refractivity (Wildman–Crippen MR) is 151 cm³/mol. The number of ether oxygens (including phenoxy) is 1. The van der Waals surface area contributed by atoms with Gasteiger partial charge >= 0.3 is 12.0 Å². The number of amides is 3. The number of hydrogen-bond donors (Lipinski definition) is 2. The number of likely N-dealkylation sites (tertiary alicyclic amines) is 1. The number of urea groups is 1. The van der Waals surface area contributed by atoms with E-state index in [9.17, 15) is 19.5 Å². The number of carbonyl (C=O) groups is 3. The van der Waals surface area contributed by atoms with Crippen LogP contribution in [-0.4, -0.2) is 95.2 Å². The van der Waals surface area contributed by atoms with Gasteiger partial charge in [-0.05, 0) is 83.5 Å². The summed E-state index contributed by atoms with van der Waals surface area (Å²) in [6.45, 7) is 10.1. The number of esters is 1. The van der Waals surface area contributed by atoms with E-state index in [1.807, 2.05) is 0 Å². The molecule has 39 heavy (non-hydrogen) atoms. The maximum atomic E-state index is 13.5. The van der Waals surface area contributed by atoms with Gasteiger partial charge in [-0.1, -0.05) is 23.2 Å². The monoisotopic (exact) mass is 582 g/mol. The van der Waals surface area contributed by atoms with Crippen molar-refractivity contribution in [3.05, 3.63) is 28.2 Å². The lowest BCUT2D eigenvalue weighted by Crippen LogP contribution is -2.61. The van der Waals surface area contributed by atoms with Gasteiger partial charge in [0.25, 0.3) is 0 Å². The number of carbonyl (C=O) groups excluding carboxylic acids is 3. The molecular formula is C28H40Cl2N4O5. The van der Waals surface area contributed by atoms with E-state index in [4.69, 9.17) is 27.9 Å². The number of aliphatic hydroxyl groups excluding tert-OH is 1. The predicted octanol–water partition coefficient (Wildman–Crippen LogP) is 4.25. The molecule has 3 atom stereocenters. The second-order valence-corrected chi connectivity index (χ2v) is 13.0. The Morgan fingerprint density at radius 1 is 1.15 bits per heavy atom. The quantitative estimate of drug-likeness (QED) is 0.466. The van der Waals surface area contributed by atoms with E-state index in [1.54, 1.807) is 50.8 Å². The Kier molecular flexibility index (Phi) is 9.05. The molecule has 9 nitrogen and oxygen atoms in total. The first-order chi connectivity index (χ1) is 18.3. The molecule has 3 fully saturated rings. The van der Waals surface area contributed by atoms with Crippen molar-refractivity contribution >= 4 is 46.8 Å². The van der Waals surface area contributed by atoms with Gasteiger partial charge in [0.05, 0.1) is 27.6 Å². The Bertz CT molecular complexity index is 1090. The molecule has 0 bridgehead atoms. The van der Waals surface area contributed by atoms with Gasteiger partial charge in [-0.3, -0.25) is 9.59 Å². The number of nitrogens with zero attached hydrogens (tertiary/aromatic N) is 3. The summed E-state index contributed by atoms with van der Waals surface area (Å²) >= 11 is 12.0. The molecule has 216 valence electrons. The summed E-state index contributed by atoms with van der Waals surface area (Å²) in [5, 5.41) is 14.1. The number of rotatable bonds is 7. The number of piperazine rings is 1. The molecule has 3 unspecified atom stereocenters. The fraction of sp³-hybridized carbons (Fsp3) is 0.679. The molecule has 1 aromatic rings. The fourth-order valence-corrected chi connectivity index (χ4v) is 5.67. The number of halogens is 2. The number of benzene rings is 1. The molecule has 1 spiro atoms. The Morgan fingerprint density at radius 3 is 2.49 bits per heavy atom. The lowest BCUT2D eigenvalue weighted by Gasteiger charge is -2.43. The van der Waals surface area contributed by atoms with E-state index in [0.717, 1.165) is 25.8 Å². The van der Waals surface area contributed by atoms with Crippen molar-refractivity contribution < 1.29 is 24.2 Å². The van der Waals surface area contributed by atoms with Crippen LogP contribution in [0.4, 0.5) is 10.5 Å². The molecule has 2 saturated heterocycles. The van der Waals surface area contributed by atoms with E-state index in [0.29, 0.717) is 48.3 Å². The molecule has 1 aromatic carbocycles. The first kappa shape index (κ1) is 29.9. The Morgan fingerprint density at radius 2 is 1.87 bits per heavy atom. The lowest BCUT2D eigenvalue weighted by atomic mass is 9.90. The van der Waals surface area contributed by atoms with Gasteiger partial charge in [-0.15, -0.1) is 0 Å². The summed E-state index contributed by atoms with van der Waals surface area (Å²) in [6.07, 6.45) is 3.47. The Hall–Kier alpha value is -2.07. The molecule has 3 aliphatic rings. The third kappa shape index (κ3) is 6.99. The Labute approximate surface area is 240 Å². The van der Waals surface area contributed by atoms with Crippen LogP contribution in [0.15, 0.2) is 18.2 Å². The van der Waals surface area contributed by atoms with Crippen molar-refractivity contribution in [1.29, 1.82) is 0 Å². The molecule has 2 aliphatic heterocycles. The minimum absolute atomic E-state index is 0.0877. The molecule has 4 rings (SSSR count). The number of piperidine rings is 1. The first-order valence-electron chi connectivity index (χ1n) is 13.7. The summed E-state index contributed by atoms with van der Waals surface area (Å²) in [7, 11) is 0. The van der Waals surface area contributed by atoms with E-state index in [1.165, 1.54) is 4.90 Å². The van der Waals surface area contributed by atoms with Crippen LogP contribution in [0.2, 0.25) is 10.0 Å². The van der Waals surface area contributed by atoms with Crippen molar-refractivity contribution in [3.8, 4) is 0 Å². The zero-order valence-electron chi connectivity index (χ0n) is 23.2.